The van der Waals surface area contributed by atoms with Gasteiger partial charge in [-0.15, -0.1) is 0 Å². The number of benzene rings is 2. The molecule has 0 aliphatic carbocycles. The number of halogens is 2. The molecule has 0 amide bonds. The van der Waals surface area contributed by atoms with Crippen LogP contribution in [0.15, 0.2) is 65.8 Å². The van der Waals surface area contributed by atoms with Crippen molar-refractivity contribution in [3.63, 3.8) is 0 Å². The van der Waals surface area contributed by atoms with Crippen LogP contribution in [0.5, 0.6) is 0 Å². The Morgan fingerprint density at radius 2 is 1.56 bits per heavy atom. The highest BCUT2D eigenvalue weighted by atomic mass is 32.2. The summed E-state index contributed by atoms with van der Waals surface area (Å²) >= 11 is 0. The van der Waals surface area contributed by atoms with Gasteiger partial charge in [0.15, 0.2) is 21.5 Å². The number of hydrogen-bond donors (Lipinski definition) is 0. The maximum absolute atomic E-state index is 13.3. The second kappa shape index (κ2) is 6.80. The van der Waals surface area contributed by atoms with Crippen molar-refractivity contribution in [2.24, 2.45) is 0 Å². The van der Waals surface area contributed by atoms with E-state index in [1.165, 1.54) is 12.3 Å². The summed E-state index contributed by atoms with van der Waals surface area (Å²) in [5, 5.41) is 0. The van der Waals surface area contributed by atoms with Crippen LogP contribution in [-0.2, 0) is 22.8 Å². The summed E-state index contributed by atoms with van der Waals surface area (Å²) in [5.41, 5.74) is 2.73. The fourth-order valence-corrected chi connectivity index (χ4v) is 3.26. The molecule has 0 unspecified atom stereocenters. The van der Waals surface area contributed by atoms with E-state index < -0.39 is 21.5 Å². The zero-order valence-electron chi connectivity index (χ0n) is 13.6. The van der Waals surface area contributed by atoms with Crippen molar-refractivity contribution in [1.82, 2.24) is 4.57 Å². The fraction of sp³-hybridized carbons (Fsp3) is 0.158. The van der Waals surface area contributed by atoms with E-state index >= 15 is 0 Å². The SMILES string of the molecule is CS(=O)(=O)c1ccc(Cc2ccn(Cc3ccc(F)c(F)c3)c2)cc1. The molecule has 0 saturated heterocycles. The molecule has 0 N–H and O–H groups in total. The Morgan fingerprint density at radius 1 is 0.880 bits per heavy atom. The summed E-state index contributed by atoms with van der Waals surface area (Å²) in [4.78, 5) is 0.298. The van der Waals surface area contributed by atoms with E-state index in [-0.39, 0.29) is 0 Å². The smallest absolute Gasteiger partial charge is 0.175 e. The van der Waals surface area contributed by atoms with Gasteiger partial charge in [-0.3, -0.25) is 0 Å². The number of sulfone groups is 1. The molecule has 3 nitrogen and oxygen atoms in total. The second-order valence-corrected chi connectivity index (χ2v) is 8.05. The number of aromatic nitrogens is 1. The van der Waals surface area contributed by atoms with Crippen LogP contribution in [-0.4, -0.2) is 19.2 Å². The average molecular weight is 361 g/mol. The molecule has 25 heavy (non-hydrogen) atoms. The molecular formula is C19H17F2NO2S. The van der Waals surface area contributed by atoms with Gasteiger partial charge in [-0.05, 0) is 53.4 Å². The monoisotopic (exact) mass is 361 g/mol. The molecule has 0 saturated carbocycles. The third-order valence-electron chi connectivity index (χ3n) is 3.92. The topological polar surface area (TPSA) is 39.1 Å². The lowest BCUT2D eigenvalue weighted by Gasteiger charge is -2.04. The van der Waals surface area contributed by atoms with Crippen LogP contribution in [0.3, 0.4) is 0 Å². The summed E-state index contributed by atoms with van der Waals surface area (Å²) in [6.45, 7) is 0.449. The molecular weight excluding hydrogens is 344 g/mol. The van der Waals surface area contributed by atoms with E-state index in [1.54, 1.807) is 30.3 Å². The van der Waals surface area contributed by atoms with Gasteiger partial charge in [-0.1, -0.05) is 18.2 Å². The molecule has 2 aromatic carbocycles. The Labute approximate surface area is 145 Å². The molecule has 3 aromatic rings. The third-order valence-corrected chi connectivity index (χ3v) is 5.05. The molecule has 1 heterocycles. The first-order valence-electron chi connectivity index (χ1n) is 7.69. The average Bonchev–Trinajstić information content (AvgIpc) is 2.98. The largest absolute Gasteiger partial charge is 0.350 e. The van der Waals surface area contributed by atoms with Crippen molar-refractivity contribution in [3.8, 4) is 0 Å². The molecule has 3 rings (SSSR count). The first-order valence-corrected chi connectivity index (χ1v) is 9.58. The first-order chi connectivity index (χ1) is 11.8. The fourth-order valence-electron chi connectivity index (χ4n) is 2.63. The van der Waals surface area contributed by atoms with Crippen LogP contribution in [0.1, 0.15) is 16.7 Å². The van der Waals surface area contributed by atoms with Crippen LogP contribution < -0.4 is 0 Å². The molecule has 0 spiro atoms. The van der Waals surface area contributed by atoms with Gasteiger partial charge in [0.1, 0.15) is 0 Å². The zero-order valence-corrected chi connectivity index (χ0v) is 14.4. The summed E-state index contributed by atoms with van der Waals surface area (Å²) in [6.07, 6.45) is 5.66. The highest BCUT2D eigenvalue weighted by Crippen LogP contribution is 2.16. The van der Waals surface area contributed by atoms with Gasteiger partial charge >= 0.3 is 0 Å². The van der Waals surface area contributed by atoms with E-state index in [0.29, 0.717) is 23.4 Å². The lowest BCUT2D eigenvalue weighted by atomic mass is 10.1. The Morgan fingerprint density at radius 3 is 2.20 bits per heavy atom. The molecule has 1 aromatic heterocycles. The minimum atomic E-state index is -3.19. The summed E-state index contributed by atoms with van der Waals surface area (Å²) < 4.78 is 51.1. The summed E-state index contributed by atoms with van der Waals surface area (Å²) in [7, 11) is -3.19. The highest BCUT2D eigenvalue weighted by molar-refractivity contribution is 7.90. The molecule has 130 valence electrons. The Hall–Kier alpha value is -2.47. The van der Waals surface area contributed by atoms with Crippen LogP contribution in [0.2, 0.25) is 0 Å². The van der Waals surface area contributed by atoms with Crippen molar-refractivity contribution in [2.75, 3.05) is 6.26 Å². The number of hydrogen-bond acceptors (Lipinski definition) is 2. The van der Waals surface area contributed by atoms with Gasteiger partial charge in [-0.2, -0.15) is 0 Å². The van der Waals surface area contributed by atoms with Gasteiger partial charge < -0.3 is 4.57 Å². The lowest BCUT2D eigenvalue weighted by molar-refractivity contribution is 0.506. The van der Waals surface area contributed by atoms with Gasteiger partial charge in [0.05, 0.1) is 4.90 Å². The van der Waals surface area contributed by atoms with E-state index in [9.17, 15) is 17.2 Å². The molecule has 0 aliphatic rings. The van der Waals surface area contributed by atoms with Gasteiger partial charge in [0, 0.05) is 25.2 Å². The van der Waals surface area contributed by atoms with Crippen molar-refractivity contribution in [3.05, 3.63) is 89.2 Å². The van der Waals surface area contributed by atoms with Crippen molar-refractivity contribution in [1.29, 1.82) is 0 Å². The second-order valence-electron chi connectivity index (χ2n) is 6.03. The van der Waals surface area contributed by atoms with Crippen molar-refractivity contribution >= 4 is 9.84 Å². The molecule has 0 radical (unpaired) electrons. The molecule has 0 bridgehead atoms. The Balaban J connectivity index is 1.70. The van der Waals surface area contributed by atoms with Crippen molar-refractivity contribution in [2.45, 2.75) is 17.9 Å². The molecule has 0 aliphatic heterocycles. The highest BCUT2D eigenvalue weighted by Gasteiger charge is 2.07. The van der Waals surface area contributed by atoms with E-state index in [4.69, 9.17) is 0 Å². The van der Waals surface area contributed by atoms with E-state index in [0.717, 1.165) is 17.2 Å². The first kappa shape index (κ1) is 17.4. The third kappa shape index (κ3) is 4.33. The van der Waals surface area contributed by atoms with E-state index in [1.807, 2.05) is 23.0 Å². The van der Waals surface area contributed by atoms with Crippen LogP contribution in [0.4, 0.5) is 8.78 Å². The minimum Gasteiger partial charge on any atom is -0.350 e. The van der Waals surface area contributed by atoms with Crippen LogP contribution >= 0.6 is 0 Å². The Kier molecular flexibility index (Phi) is 4.72. The van der Waals surface area contributed by atoms with Crippen molar-refractivity contribution < 1.29 is 17.2 Å². The quantitative estimate of drug-likeness (QED) is 0.693. The Bertz CT molecular complexity index is 993. The predicted molar refractivity (Wildman–Crippen MR) is 92.2 cm³/mol. The van der Waals surface area contributed by atoms with Crippen LogP contribution in [0.25, 0.3) is 0 Å². The van der Waals surface area contributed by atoms with Gasteiger partial charge in [0.25, 0.3) is 0 Å². The number of nitrogens with zero attached hydrogens (tertiary/aromatic N) is 1. The summed E-state index contributed by atoms with van der Waals surface area (Å²) in [6, 6.07) is 12.6. The van der Waals surface area contributed by atoms with E-state index in [2.05, 4.69) is 0 Å². The normalized spacial score (nSPS) is 11.6. The maximum atomic E-state index is 13.3. The zero-order chi connectivity index (χ0) is 18.0. The maximum Gasteiger partial charge on any atom is 0.175 e. The predicted octanol–water partition coefficient (Wildman–Crippen LogP) is 3.81. The standard InChI is InChI=1S/C19H17F2NO2S/c1-25(23,24)17-5-2-14(3-6-17)10-16-8-9-22(13-16)12-15-4-7-18(20)19(21)11-15/h2-9,11,13H,10,12H2,1H3. The molecule has 6 heteroatoms. The minimum absolute atomic E-state index is 0.298. The molecule has 0 fully saturated rings. The summed E-state index contributed by atoms with van der Waals surface area (Å²) in [5.74, 6) is -1.70. The number of rotatable bonds is 5. The molecule has 0 atom stereocenters. The van der Waals surface area contributed by atoms with Gasteiger partial charge in [-0.25, -0.2) is 17.2 Å². The van der Waals surface area contributed by atoms with Gasteiger partial charge in [0.2, 0.25) is 0 Å². The lowest BCUT2D eigenvalue weighted by Crippen LogP contribution is -1.98. The van der Waals surface area contributed by atoms with Crippen LogP contribution in [0, 0.1) is 11.6 Å².